The lowest BCUT2D eigenvalue weighted by atomic mass is 9.88. The van der Waals surface area contributed by atoms with Crippen LogP contribution in [-0.4, -0.2) is 48.0 Å². The minimum absolute atomic E-state index is 0.0115. The molecule has 1 aliphatic rings. The standard InChI is InChI=1S/C30H33ClFN3O3/c1-21(36)24-3-2-4-28(18-24)34-29(37)33-19-30(38,25-7-9-26(31)10-8-25)20-35-15-13-23(14-16-35)17-22-5-11-27(32)12-6-22/h2-12,18,23,38H,13-17,19-20H2,1H3,(H2,33,34,37). The molecule has 0 aromatic heterocycles. The number of piperidine rings is 1. The first-order valence-corrected chi connectivity index (χ1v) is 13.2. The van der Waals surface area contributed by atoms with E-state index in [1.807, 2.05) is 12.1 Å². The number of amides is 2. The summed E-state index contributed by atoms with van der Waals surface area (Å²) in [6.45, 7) is 3.43. The molecule has 4 rings (SSSR count). The van der Waals surface area contributed by atoms with E-state index in [-0.39, 0.29) is 18.1 Å². The summed E-state index contributed by atoms with van der Waals surface area (Å²) in [7, 11) is 0. The van der Waals surface area contributed by atoms with Crippen molar-refractivity contribution in [1.29, 1.82) is 0 Å². The number of hydrogen-bond donors (Lipinski definition) is 3. The SMILES string of the molecule is CC(=O)c1cccc(NC(=O)NCC(O)(CN2CCC(Cc3ccc(F)cc3)CC2)c2ccc(Cl)cc2)c1. The molecule has 38 heavy (non-hydrogen) atoms. The van der Waals surface area contributed by atoms with Gasteiger partial charge in [0.25, 0.3) is 0 Å². The molecular formula is C30H33ClFN3O3. The van der Waals surface area contributed by atoms with E-state index < -0.39 is 11.6 Å². The second kappa shape index (κ2) is 12.5. The van der Waals surface area contributed by atoms with E-state index in [4.69, 9.17) is 11.6 Å². The number of nitrogens with zero attached hydrogens (tertiary/aromatic N) is 1. The Bertz CT molecular complexity index is 1240. The topological polar surface area (TPSA) is 81.7 Å². The third-order valence-corrected chi connectivity index (χ3v) is 7.33. The molecule has 8 heteroatoms. The van der Waals surface area contributed by atoms with Crippen LogP contribution in [0, 0.1) is 11.7 Å². The zero-order chi connectivity index (χ0) is 27.1. The van der Waals surface area contributed by atoms with Crippen LogP contribution in [0.3, 0.4) is 0 Å². The van der Waals surface area contributed by atoms with Crippen LogP contribution in [0.15, 0.2) is 72.8 Å². The van der Waals surface area contributed by atoms with Gasteiger partial charge in [-0.15, -0.1) is 0 Å². The lowest BCUT2D eigenvalue weighted by Gasteiger charge is -2.38. The predicted octanol–water partition coefficient (Wildman–Crippen LogP) is 5.65. The number of urea groups is 1. The van der Waals surface area contributed by atoms with Gasteiger partial charge in [-0.2, -0.15) is 0 Å². The molecule has 0 radical (unpaired) electrons. The average Bonchev–Trinajstić information content (AvgIpc) is 2.90. The Balaban J connectivity index is 1.38. The van der Waals surface area contributed by atoms with Gasteiger partial charge in [-0.3, -0.25) is 4.79 Å². The highest BCUT2D eigenvalue weighted by atomic mass is 35.5. The maximum Gasteiger partial charge on any atom is 0.319 e. The Morgan fingerprint density at radius 1 is 1.05 bits per heavy atom. The summed E-state index contributed by atoms with van der Waals surface area (Å²) in [5, 5.41) is 17.9. The summed E-state index contributed by atoms with van der Waals surface area (Å²) in [4.78, 5) is 26.5. The predicted molar refractivity (Wildman–Crippen MR) is 148 cm³/mol. The van der Waals surface area contributed by atoms with Gasteiger partial charge in [0.1, 0.15) is 11.4 Å². The van der Waals surface area contributed by atoms with Gasteiger partial charge in [0.05, 0.1) is 6.54 Å². The fraction of sp³-hybridized carbons (Fsp3) is 0.333. The van der Waals surface area contributed by atoms with Crippen LogP contribution in [0.1, 0.15) is 41.3 Å². The normalized spacial score (nSPS) is 16.0. The summed E-state index contributed by atoms with van der Waals surface area (Å²) in [6.07, 6.45) is 2.84. The number of carbonyl (C=O) groups is 2. The first-order chi connectivity index (χ1) is 18.2. The second-order valence-electron chi connectivity index (χ2n) is 10.0. The number of rotatable bonds is 9. The number of β-amino-alcohol motifs (C(OH)–C–C–N with tert-alkyl or cyclic N) is 1. The van der Waals surface area contributed by atoms with Crippen molar-refractivity contribution in [2.45, 2.75) is 31.8 Å². The van der Waals surface area contributed by atoms with Gasteiger partial charge < -0.3 is 20.6 Å². The summed E-state index contributed by atoms with van der Waals surface area (Å²) >= 11 is 6.08. The van der Waals surface area contributed by atoms with Crippen LogP contribution in [0.2, 0.25) is 5.02 Å². The maximum atomic E-state index is 13.2. The van der Waals surface area contributed by atoms with E-state index in [1.165, 1.54) is 19.1 Å². The van der Waals surface area contributed by atoms with Gasteiger partial charge in [-0.05, 0) is 92.7 Å². The minimum Gasteiger partial charge on any atom is -0.382 e. The Hall–Kier alpha value is -3.26. The Labute approximate surface area is 227 Å². The Morgan fingerprint density at radius 3 is 2.39 bits per heavy atom. The molecule has 1 atom stereocenters. The number of aliphatic hydroxyl groups is 1. The van der Waals surface area contributed by atoms with Crippen molar-refractivity contribution in [3.8, 4) is 0 Å². The van der Waals surface area contributed by atoms with Crippen molar-refractivity contribution in [3.05, 3.63) is 100 Å². The number of likely N-dealkylation sites (tertiary alicyclic amines) is 1. The molecule has 1 unspecified atom stereocenters. The van der Waals surface area contributed by atoms with Crippen molar-refractivity contribution < 1.29 is 19.1 Å². The summed E-state index contributed by atoms with van der Waals surface area (Å²) < 4.78 is 13.2. The van der Waals surface area contributed by atoms with E-state index in [2.05, 4.69) is 15.5 Å². The van der Waals surface area contributed by atoms with Crippen LogP contribution in [0.4, 0.5) is 14.9 Å². The van der Waals surface area contributed by atoms with Crippen molar-refractivity contribution in [2.75, 3.05) is 31.5 Å². The molecule has 3 aromatic rings. The van der Waals surface area contributed by atoms with Crippen molar-refractivity contribution in [1.82, 2.24) is 10.2 Å². The average molecular weight is 538 g/mol. The second-order valence-corrected chi connectivity index (χ2v) is 10.5. The van der Waals surface area contributed by atoms with Gasteiger partial charge in [-0.1, -0.05) is 48.0 Å². The van der Waals surface area contributed by atoms with Crippen molar-refractivity contribution in [2.24, 2.45) is 5.92 Å². The number of carbonyl (C=O) groups excluding carboxylic acids is 2. The number of Topliss-reactive ketones (excluding diaryl/α,β-unsaturated/α-hetero) is 1. The summed E-state index contributed by atoms with van der Waals surface area (Å²) in [5.41, 5.74) is 1.45. The van der Waals surface area contributed by atoms with Crippen LogP contribution >= 0.6 is 11.6 Å². The smallest absolute Gasteiger partial charge is 0.319 e. The fourth-order valence-corrected chi connectivity index (χ4v) is 5.03. The van der Waals surface area contributed by atoms with E-state index in [1.54, 1.807) is 48.5 Å². The molecule has 1 heterocycles. The number of benzene rings is 3. The van der Waals surface area contributed by atoms with Crippen LogP contribution < -0.4 is 10.6 Å². The van der Waals surface area contributed by atoms with Gasteiger partial charge in [0.15, 0.2) is 5.78 Å². The molecule has 3 aromatic carbocycles. The fourth-order valence-electron chi connectivity index (χ4n) is 4.90. The largest absolute Gasteiger partial charge is 0.382 e. The third kappa shape index (κ3) is 7.63. The number of anilines is 1. The van der Waals surface area contributed by atoms with Gasteiger partial charge in [-0.25, -0.2) is 9.18 Å². The van der Waals surface area contributed by atoms with E-state index in [0.29, 0.717) is 34.3 Å². The molecule has 6 nitrogen and oxygen atoms in total. The lowest BCUT2D eigenvalue weighted by Crippen LogP contribution is -2.51. The third-order valence-electron chi connectivity index (χ3n) is 7.08. The monoisotopic (exact) mass is 537 g/mol. The van der Waals surface area contributed by atoms with Crippen LogP contribution in [0.5, 0.6) is 0 Å². The van der Waals surface area contributed by atoms with Crippen molar-refractivity contribution >= 4 is 29.1 Å². The Kier molecular flexibility index (Phi) is 9.15. The van der Waals surface area contributed by atoms with E-state index in [0.717, 1.165) is 37.9 Å². The maximum absolute atomic E-state index is 13.2. The molecule has 3 N–H and O–H groups in total. The molecule has 1 saturated heterocycles. The summed E-state index contributed by atoms with van der Waals surface area (Å²) in [6, 6.07) is 19.9. The lowest BCUT2D eigenvalue weighted by molar-refractivity contribution is -0.00682. The molecule has 0 saturated carbocycles. The molecule has 1 aliphatic heterocycles. The first-order valence-electron chi connectivity index (χ1n) is 12.8. The zero-order valence-electron chi connectivity index (χ0n) is 21.4. The van der Waals surface area contributed by atoms with Crippen LogP contribution in [-0.2, 0) is 12.0 Å². The molecule has 2 amide bonds. The van der Waals surface area contributed by atoms with Gasteiger partial charge >= 0.3 is 6.03 Å². The summed E-state index contributed by atoms with van der Waals surface area (Å²) in [5.74, 6) is 0.180. The number of ketones is 1. The number of hydrogen-bond acceptors (Lipinski definition) is 4. The molecule has 1 fully saturated rings. The highest BCUT2D eigenvalue weighted by Crippen LogP contribution is 2.28. The highest BCUT2D eigenvalue weighted by Gasteiger charge is 2.34. The highest BCUT2D eigenvalue weighted by molar-refractivity contribution is 6.30. The van der Waals surface area contributed by atoms with E-state index >= 15 is 0 Å². The van der Waals surface area contributed by atoms with Gasteiger partial charge in [0, 0.05) is 22.8 Å². The molecule has 0 spiro atoms. The van der Waals surface area contributed by atoms with Crippen LogP contribution in [0.25, 0.3) is 0 Å². The zero-order valence-corrected chi connectivity index (χ0v) is 22.2. The number of halogens is 2. The molecule has 0 bridgehead atoms. The first kappa shape index (κ1) is 27.8. The molecule has 200 valence electrons. The van der Waals surface area contributed by atoms with Crippen molar-refractivity contribution in [3.63, 3.8) is 0 Å². The number of nitrogens with one attached hydrogen (secondary N) is 2. The molecular weight excluding hydrogens is 505 g/mol. The molecule has 0 aliphatic carbocycles. The van der Waals surface area contributed by atoms with E-state index in [9.17, 15) is 19.1 Å². The minimum atomic E-state index is -1.34. The van der Waals surface area contributed by atoms with Gasteiger partial charge in [0.2, 0.25) is 0 Å². The Morgan fingerprint density at radius 2 is 1.74 bits per heavy atom. The quantitative estimate of drug-likeness (QED) is 0.308.